The molecular weight excluding hydrogens is 344 g/mol. The predicted octanol–water partition coefficient (Wildman–Crippen LogP) is 1.13. The van der Waals surface area contributed by atoms with Gasteiger partial charge >= 0.3 is 0 Å². The molecule has 8 nitrogen and oxygen atoms in total. The molecular formula is C19H24N6O2. The molecule has 2 N–H and O–H groups in total. The molecule has 0 bridgehead atoms. The van der Waals surface area contributed by atoms with Crippen LogP contribution in [0.4, 0.5) is 5.69 Å². The average Bonchev–Trinajstić information content (AvgIpc) is 3.29. The molecule has 2 aliphatic heterocycles. The molecule has 2 atom stereocenters. The third kappa shape index (κ3) is 3.57. The number of nitrogens with one attached hydrogen (secondary N) is 2. The van der Waals surface area contributed by atoms with E-state index >= 15 is 0 Å². The van der Waals surface area contributed by atoms with Gasteiger partial charge in [-0.15, -0.1) is 5.10 Å². The Kier molecular flexibility index (Phi) is 4.89. The van der Waals surface area contributed by atoms with Crippen molar-refractivity contribution in [1.29, 1.82) is 0 Å². The van der Waals surface area contributed by atoms with Crippen molar-refractivity contribution in [3.8, 4) is 0 Å². The molecule has 2 saturated heterocycles. The second kappa shape index (κ2) is 7.48. The number of nitrogens with zero attached hydrogens (tertiary/aromatic N) is 4. The van der Waals surface area contributed by atoms with Crippen molar-refractivity contribution in [2.45, 2.75) is 44.3 Å². The van der Waals surface area contributed by atoms with E-state index < -0.39 is 6.04 Å². The first-order chi connectivity index (χ1) is 13.1. The normalized spacial score (nSPS) is 23.6. The molecule has 2 aromatic rings. The molecule has 142 valence electrons. The summed E-state index contributed by atoms with van der Waals surface area (Å²) < 4.78 is 1.77. The summed E-state index contributed by atoms with van der Waals surface area (Å²) in [6.07, 6.45) is 4.19. The van der Waals surface area contributed by atoms with Gasteiger partial charge in [-0.2, -0.15) is 0 Å². The van der Waals surface area contributed by atoms with Gasteiger partial charge < -0.3 is 15.5 Å². The van der Waals surface area contributed by atoms with E-state index in [4.69, 9.17) is 0 Å². The van der Waals surface area contributed by atoms with Crippen LogP contribution in [0, 0.1) is 0 Å². The van der Waals surface area contributed by atoms with E-state index in [2.05, 4.69) is 20.9 Å². The van der Waals surface area contributed by atoms with Crippen LogP contribution in [0.15, 0.2) is 36.5 Å². The number of carbonyl (C=O) groups is 2. The maximum atomic E-state index is 12.8. The minimum atomic E-state index is -0.545. The number of amides is 2. The first-order valence-electron chi connectivity index (χ1n) is 9.45. The number of hydrogen-bond acceptors (Lipinski definition) is 5. The van der Waals surface area contributed by atoms with Crippen molar-refractivity contribution in [1.82, 2.24) is 25.6 Å². The van der Waals surface area contributed by atoms with Gasteiger partial charge in [-0.05, 0) is 51.4 Å². The van der Waals surface area contributed by atoms with E-state index in [-0.39, 0.29) is 29.6 Å². The summed E-state index contributed by atoms with van der Waals surface area (Å²) in [5.74, 6) is -0.441. The van der Waals surface area contributed by atoms with Gasteiger partial charge in [0.05, 0.1) is 12.2 Å². The highest BCUT2D eigenvalue weighted by Crippen LogP contribution is 2.26. The van der Waals surface area contributed by atoms with Gasteiger partial charge in [-0.1, -0.05) is 23.4 Å². The lowest BCUT2D eigenvalue weighted by atomic mass is 10.1. The maximum Gasteiger partial charge on any atom is 0.274 e. The molecule has 2 aliphatic rings. The second-order valence-electron chi connectivity index (χ2n) is 7.22. The Morgan fingerprint density at radius 1 is 1.22 bits per heavy atom. The van der Waals surface area contributed by atoms with Crippen LogP contribution < -0.4 is 15.5 Å². The summed E-state index contributed by atoms with van der Waals surface area (Å²) in [7, 11) is 0. The maximum absolute atomic E-state index is 12.8. The van der Waals surface area contributed by atoms with Gasteiger partial charge in [0.2, 0.25) is 5.91 Å². The van der Waals surface area contributed by atoms with Gasteiger partial charge in [-0.25, -0.2) is 4.68 Å². The summed E-state index contributed by atoms with van der Waals surface area (Å²) in [5, 5.41) is 14.3. The predicted molar refractivity (Wildman–Crippen MR) is 100 cm³/mol. The van der Waals surface area contributed by atoms with Gasteiger partial charge in [0.1, 0.15) is 6.04 Å². The number of hydrogen-bond donors (Lipinski definition) is 2. The fourth-order valence-electron chi connectivity index (χ4n) is 3.89. The monoisotopic (exact) mass is 368 g/mol. The zero-order valence-electron chi connectivity index (χ0n) is 15.3. The average molecular weight is 368 g/mol. The minimum absolute atomic E-state index is 0.0237. The number of para-hydroxylation sites is 1. The minimum Gasteiger partial charge on any atom is -0.339 e. The van der Waals surface area contributed by atoms with Crippen molar-refractivity contribution in [2.24, 2.45) is 0 Å². The topological polar surface area (TPSA) is 92.1 Å². The summed E-state index contributed by atoms with van der Waals surface area (Å²) in [6, 6.07) is 9.28. The van der Waals surface area contributed by atoms with E-state index in [0.717, 1.165) is 31.6 Å². The highest BCUT2D eigenvalue weighted by molar-refractivity contribution is 6.03. The molecule has 4 rings (SSSR count). The smallest absolute Gasteiger partial charge is 0.274 e. The molecule has 0 spiro atoms. The number of aromatic nitrogens is 3. The third-order valence-corrected chi connectivity index (χ3v) is 5.32. The SMILES string of the molecule is CC1CC(NC(=O)c2cn(C3CCNCC3)nn2)C(=O)N1c1ccccc1. The van der Waals surface area contributed by atoms with E-state index in [9.17, 15) is 9.59 Å². The van der Waals surface area contributed by atoms with Crippen LogP contribution in [0.1, 0.15) is 42.7 Å². The number of carbonyl (C=O) groups excluding carboxylic acids is 2. The van der Waals surface area contributed by atoms with E-state index in [0.29, 0.717) is 6.42 Å². The van der Waals surface area contributed by atoms with E-state index in [1.165, 1.54) is 0 Å². The van der Waals surface area contributed by atoms with Crippen molar-refractivity contribution < 1.29 is 9.59 Å². The molecule has 1 aromatic carbocycles. The Labute approximate surface area is 157 Å². The molecule has 1 aromatic heterocycles. The van der Waals surface area contributed by atoms with Gasteiger partial charge in [0, 0.05) is 11.7 Å². The Morgan fingerprint density at radius 3 is 2.70 bits per heavy atom. The lowest BCUT2D eigenvalue weighted by Gasteiger charge is -2.22. The van der Waals surface area contributed by atoms with Crippen molar-refractivity contribution in [3.63, 3.8) is 0 Å². The highest BCUT2D eigenvalue weighted by atomic mass is 16.2. The van der Waals surface area contributed by atoms with Crippen LogP contribution in [-0.4, -0.2) is 52.0 Å². The zero-order chi connectivity index (χ0) is 18.8. The number of benzene rings is 1. The Bertz CT molecular complexity index is 815. The third-order valence-electron chi connectivity index (χ3n) is 5.32. The second-order valence-corrected chi connectivity index (χ2v) is 7.22. The van der Waals surface area contributed by atoms with Crippen LogP contribution in [-0.2, 0) is 4.79 Å². The first-order valence-corrected chi connectivity index (χ1v) is 9.45. The van der Waals surface area contributed by atoms with E-state index in [1.54, 1.807) is 15.8 Å². The van der Waals surface area contributed by atoms with Crippen LogP contribution in [0.5, 0.6) is 0 Å². The van der Waals surface area contributed by atoms with Crippen LogP contribution >= 0.6 is 0 Å². The molecule has 8 heteroatoms. The quantitative estimate of drug-likeness (QED) is 0.844. The van der Waals surface area contributed by atoms with Crippen molar-refractivity contribution in [2.75, 3.05) is 18.0 Å². The Hall–Kier alpha value is -2.74. The fraction of sp³-hybridized carbons (Fsp3) is 0.474. The van der Waals surface area contributed by atoms with Crippen LogP contribution in [0.25, 0.3) is 0 Å². The zero-order valence-corrected chi connectivity index (χ0v) is 15.3. The number of rotatable bonds is 4. The molecule has 27 heavy (non-hydrogen) atoms. The molecule has 2 unspecified atom stereocenters. The molecule has 2 fully saturated rings. The lowest BCUT2D eigenvalue weighted by Crippen LogP contribution is -2.42. The van der Waals surface area contributed by atoms with Gasteiger partial charge in [0.25, 0.3) is 5.91 Å². The van der Waals surface area contributed by atoms with Gasteiger partial charge in [0.15, 0.2) is 5.69 Å². The standard InChI is InChI=1S/C19H24N6O2/c1-13-11-16(19(27)25(13)15-5-3-2-4-6-15)21-18(26)17-12-24(23-22-17)14-7-9-20-10-8-14/h2-6,12-14,16,20H,7-11H2,1H3,(H,21,26). The summed E-state index contributed by atoms with van der Waals surface area (Å²) >= 11 is 0. The summed E-state index contributed by atoms with van der Waals surface area (Å²) in [4.78, 5) is 27.1. The van der Waals surface area contributed by atoms with Crippen LogP contribution in [0.3, 0.4) is 0 Å². The lowest BCUT2D eigenvalue weighted by molar-refractivity contribution is -0.118. The molecule has 3 heterocycles. The largest absolute Gasteiger partial charge is 0.339 e. The van der Waals surface area contributed by atoms with Crippen molar-refractivity contribution in [3.05, 3.63) is 42.2 Å². The first kappa shape index (κ1) is 17.7. The van der Waals surface area contributed by atoms with E-state index in [1.807, 2.05) is 37.3 Å². The molecule has 0 radical (unpaired) electrons. The highest BCUT2D eigenvalue weighted by Gasteiger charge is 2.39. The summed E-state index contributed by atoms with van der Waals surface area (Å²) in [5.41, 5.74) is 1.11. The number of piperidine rings is 1. The molecule has 2 amide bonds. The van der Waals surface area contributed by atoms with Gasteiger partial charge in [-0.3, -0.25) is 9.59 Å². The fourth-order valence-corrected chi connectivity index (χ4v) is 3.89. The van der Waals surface area contributed by atoms with Crippen molar-refractivity contribution >= 4 is 17.5 Å². The molecule has 0 saturated carbocycles. The summed E-state index contributed by atoms with van der Waals surface area (Å²) in [6.45, 7) is 3.87. The number of anilines is 1. The molecule has 0 aliphatic carbocycles. The Morgan fingerprint density at radius 2 is 1.96 bits per heavy atom. The Balaban J connectivity index is 1.42. The van der Waals surface area contributed by atoms with Crippen LogP contribution in [0.2, 0.25) is 0 Å².